The van der Waals surface area contributed by atoms with Gasteiger partial charge < -0.3 is 19.5 Å². The highest BCUT2D eigenvalue weighted by Crippen LogP contribution is 2.20. The Morgan fingerprint density at radius 1 is 1.16 bits per heavy atom. The molecule has 1 aliphatic heterocycles. The molecule has 1 amide bonds. The van der Waals surface area contributed by atoms with Crippen LogP contribution in [0.4, 0.5) is 11.5 Å². The third-order valence-electron chi connectivity index (χ3n) is 4.35. The van der Waals surface area contributed by atoms with E-state index in [0.29, 0.717) is 11.4 Å². The molecule has 3 heterocycles. The van der Waals surface area contributed by atoms with Gasteiger partial charge in [0.25, 0.3) is 5.91 Å². The molecule has 1 saturated heterocycles. The third kappa shape index (κ3) is 3.06. The molecule has 1 aliphatic rings. The smallest absolute Gasteiger partial charge is 0.259 e. The van der Waals surface area contributed by atoms with Crippen LogP contribution < -0.4 is 10.2 Å². The first-order chi connectivity index (χ1) is 12.2. The minimum Gasteiger partial charge on any atom is -0.378 e. The minimum atomic E-state index is -0.194. The van der Waals surface area contributed by atoms with Gasteiger partial charge in [0, 0.05) is 20.1 Å². The van der Waals surface area contributed by atoms with Crippen molar-refractivity contribution >= 4 is 28.4 Å². The van der Waals surface area contributed by atoms with Gasteiger partial charge in [0.15, 0.2) is 0 Å². The zero-order chi connectivity index (χ0) is 17.2. The van der Waals surface area contributed by atoms with E-state index in [2.05, 4.69) is 20.2 Å². The van der Waals surface area contributed by atoms with Crippen LogP contribution in [0.5, 0.6) is 0 Å². The number of amides is 1. The van der Waals surface area contributed by atoms with Crippen LogP contribution in [0.2, 0.25) is 0 Å². The van der Waals surface area contributed by atoms with Gasteiger partial charge in [-0.1, -0.05) is 6.07 Å². The number of nitrogens with zero attached hydrogens (tertiary/aromatic N) is 4. The van der Waals surface area contributed by atoms with Crippen LogP contribution in [-0.4, -0.2) is 46.7 Å². The lowest BCUT2D eigenvalue weighted by Crippen LogP contribution is -2.36. The Morgan fingerprint density at radius 2 is 2.00 bits per heavy atom. The fraction of sp³-hybridized carbons (Fsp3) is 0.278. The van der Waals surface area contributed by atoms with Gasteiger partial charge in [-0.25, -0.2) is 9.97 Å². The number of imidazole rings is 1. The number of ether oxygens (including phenoxy) is 1. The van der Waals surface area contributed by atoms with Crippen molar-refractivity contribution in [1.82, 2.24) is 14.5 Å². The van der Waals surface area contributed by atoms with Crippen molar-refractivity contribution in [3.05, 3.63) is 48.4 Å². The molecule has 7 nitrogen and oxygen atoms in total. The Kier molecular flexibility index (Phi) is 4.07. The molecule has 4 rings (SSSR count). The highest BCUT2D eigenvalue weighted by molar-refractivity contribution is 6.11. The van der Waals surface area contributed by atoms with Crippen molar-refractivity contribution < 1.29 is 9.53 Å². The van der Waals surface area contributed by atoms with Crippen LogP contribution in [0.1, 0.15) is 10.4 Å². The molecule has 1 N–H and O–H groups in total. The first-order valence-electron chi connectivity index (χ1n) is 8.22. The summed E-state index contributed by atoms with van der Waals surface area (Å²) in [5.41, 5.74) is 3.22. The van der Waals surface area contributed by atoms with E-state index in [-0.39, 0.29) is 5.91 Å². The van der Waals surface area contributed by atoms with E-state index in [4.69, 9.17) is 4.74 Å². The molecule has 1 fully saturated rings. The Bertz CT molecular complexity index is 897. The number of para-hydroxylation sites is 1. The molecular formula is C18H19N5O2. The third-order valence-corrected chi connectivity index (χ3v) is 4.35. The number of benzene rings is 1. The second-order valence-corrected chi connectivity index (χ2v) is 5.98. The zero-order valence-corrected chi connectivity index (χ0v) is 14.0. The topological polar surface area (TPSA) is 72.3 Å². The number of hydrogen-bond acceptors (Lipinski definition) is 5. The summed E-state index contributed by atoms with van der Waals surface area (Å²) in [6.07, 6.45) is 3.49. The van der Waals surface area contributed by atoms with E-state index in [1.165, 1.54) is 0 Å². The zero-order valence-electron chi connectivity index (χ0n) is 14.0. The lowest BCUT2D eigenvalue weighted by Gasteiger charge is -2.28. The summed E-state index contributed by atoms with van der Waals surface area (Å²) in [6.45, 7) is 3.17. The van der Waals surface area contributed by atoms with E-state index < -0.39 is 0 Å². The normalized spacial score (nSPS) is 14.7. The first-order valence-corrected chi connectivity index (χ1v) is 8.22. The lowest BCUT2D eigenvalue weighted by molar-refractivity contribution is 0.102. The maximum atomic E-state index is 12.6. The molecule has 3 aromatic rings. The number of aryl methyl sites for hydroxylation is 1. The number of anilines is 2. The standard InChI is InChI=1S/C18H19N5O2/c1-22-12-20-15-4-2-3-14(17(15)22)18(24)21-16-6-5-13(11-19-16)23-7-9-25-10-8-23/h2-6,11-12H,7-10H2,1H3,(H,19,21,24). The SMILES string of the molecule is Cn1cnc2cccc(C(=O)Nc3ccc(N4CCOCC4)cn3)c21. The summed E-state index contributed by atoms with van der Waals surface area (Å²) in [5, 5.41) is 2.86. The number of aromatic nitrogens is 3. The van der Waals surface area contributed by atoms with E-state index >= 15 is 0 Å². The predicted octanol–water partition coefficient (Wildman–Crippen LogP) is 2.06. The average molecular weight is 337 g/mol. The number of fused-ring (bicyclic) bond motifs is 1. The van der Waals surface area contributed by atoms with Gasteiger partial charge in [0.05, 0.1) is 48.0 Å². The summed E-state index contributed by atoms with van der Waals surface area (Å²) in [5.74, 6) is 0.335. The molecular weight excluding hydrogens is 318 g/mol. The molecule has 0 atom stereocenters. The van der Waals surface area contributed by atoms with Crippen LogP contribution in [0.25, 0.3) is 11.0 Å². The minimum absolute atomic E-state index is 0.194. The van der Waals surface area contributed by atoms with E-state index in [1.807, 2.05) is 35.9 Å². The van der Waals surface area contributed by atoms with Crippen LogP contribution in [0.3, 0.4) is 0 Å². The molecule has 0 spiro atoms. The molecule has 0 unspecified atom stereocenters. The first kappa shape index (κ1) is 15.6. The maximum Gasteiger partial charge on any atom is 0.259 e. The van der Waals surface area contributed by atoms with Crippen molar-refractivity contribution in [2.24, 2.45) is 7.05 Å². The Balaban J connectivity index is 1.53. The molecule has 1 aromatic carbocycles. The molecule has 0 bridgehead atoms. The molecule has 0 radical (unpaired) electrons. The summed E-state index contributed by atoms with van der Waals surface area (Å²) in [7, 11) is 1.88. The Hall–Kier alpha value is -2.93. The fourth-order valence-corrected chi connectivity index (χ4v) is 3.05. The van der Waals surface area contributed by atoms with Gasteiger partial charge >= 0.3 is 0 Å². The highest BCUT2D eigenvalue weighted by atomic mass is 16.5. The fourth-order valence-electron chi connectivity index (χ4n) is 3.05. The van der Waals surface area contributed by atoms with Crippen molar-refractivity contribution in [1.29, 1.82) is 0 Å². The van der Waals surface area contributed by atoms with Gasteiger partial charge in [-0.3, -0.25) is 4.79 Å². The second-order valence-electron chi connectivity index (χ2n) is 5.98. The van der Waals surface area contributed by atoms with E-state index in [0.717, 1.165) is 43.0 Å². The largest absolute Gasteiger partial charge is 0.378 e. The number of nitrogens with one attached hydrogen (secondary N) is 1. The molecule has 0 aliphatic carbocycles. The molecule has 2 aromatic heterocycles. The highest BCUT2D eigenvalue weighted by Gasteiger charge is 2.15. The lowest BCUT2D eigenvalue weighted by atomic mass is 10.1. The predicted molar refractivity (Wildman–Crippen MR) is 95.9 cm³/mol. The molecule has 0 saturated carbocycles. The maximum absolute atomic E-state index is 12.6. The van der Waals surface area contributed by atoms with Gasteiger partial charge in [-0.15, -0.1) is 0 Å². The van der Waals surface area contributed by atoms with E-state index in [1.54, 1.807) is 18.6 Å². The summed E-state index contributed by atoms with van der Waals surface area (Å²) in [4.78, 5) is 23.5. The van der Waals surface area contributed by atoms with Crippen LogP contribution in [0, 0.1) is 0 Å². The number of pyridine rings is 1. The van der Waals surface area contributed by atoms with Gasteiger partial charge in [0.2, 0.25) is 0 Å². The van der Waals surface area contributed by atoms with Crippen molar-refractivity contribution in [2.45, 2.75) is 0 Å². The van der Waals surface area contributed by atoms with Crippen LogP contribution >= 0.6 is 0 Å². The average Bonchev–Trinajstić information content (AvgIpc) is 3.04. The van der Waals surface area contributed by atoms with Gasteiger partial charge in [-0.2, -0.15) is 0 Å². The van der Waals surface area contributed by atoms with Crippen molar-refractivity contribution in [3.63, 3.8) is 0 Å². The quantitative estimate of drug-likeness (QED) is 0.792. The summed E-state index contributed by atoms with van der Waals surface area (Å²) >= 11 is 0. The van der Waals surface area contributed by atoms with Crippen LogP contribution in [-0.2, 0) is 11.8 Å². The number of morpholine rings is 1. The second kappa shape index (κ2) is 6.52. The van der Waals surface area contributed by atoms with Gasteiger partial charge in [0.1, 0.15) is 5.82 Å². The monoisotopic (exact) mass is 337 g/mol. The van der Waals surface area contributed by atoms with Crippen LogP contribution in [0.15, 0.2) is 42.9 Å². The number of rotatable bonds is 3. The van der Waals surface area contributed by atoms with Crippen molar-refractivity contribution in [2.75, 3.05) is 36.5 Å². The van der Waals surface area contributed by atoms with Gasteiger partial charge in [-0.05, 0) is 24.3 Å². The Morgan fingerprint density at radius 3 is 2.76 bits per heavy atom. The summed E-state index contributed by atoms with van der Waals surface area (Å²) < 4.78 is 7.20. The number of carbonyl (C=O) groups excluding carboxylic acids is 1. The van der Waals surface area contributed by atoms with E-state index in [9.17, 15) is 4.79 Å². The number of hydrogen-bond donors (Lipinski definition) is 1. The van der Waals surface area contributed by atoms with Crippen molar-refractivity contribution in [3.8, 4) is 0 Å². The molecule has 25 heavy (non-hydrogen) atoms. The Labute approximate surface area is 145 Å². The molecule has 7 heteroatoms. The number of carbonyl (C=O) groups is 1. The summed E-state index contributed by atoms with van der Waals surface area (Å²) in [6, 6.07) is 9.31. The molecule has 128 valence electrons.